The van der Waals surface area contributed by atoms with Gasteiger partial charge in [-0.15, -0.1) is 0 Å². The van der Waals surface area contributed by atoms with Gasteiger partial charge in [-0.1, -0.05) is 0 Å². The Morgan fingerprint density at radius 2 is 1.75 bits per heavy atom. The van der Waals surface area contributed by atoms with E-state index in [1.165, 1.54) is 0 Å². The third kappa shape index (κ3) is 3.74. The molecule has 0 aliphatic heterocycles. The Morgan fingerprint density at radius 1 is 1.06 bits per heavy atom. The molecule has 1 aliphatic rings. The molecule has 1 aromatic heterocycles. The van der Waals surface area contributed by atoms with E-state index in [4.69, 9.17) is 4.74 Å². The molecule has 3 aromatic rings. The third-order valence-electron chi connectivity index (χ3n) is 6.06. The highest BCUT2D eigenvalue weighted by Crippen LogP contribution is 2.37. The number of aromatic hydroxyl groups is 1. The smallest absolute Gasteiger partial charge is 0.313 e. The molecule has 5 nitrogen and oxygen atoms in total. The number of aromatic nitrogens is 1. The van der Waals surface area contributed by atoms with Crippen LogP contribution in [0.4, 0.5) is 13.2 Å². The van der Waals surface area contributed by atoms with Crippen molar-refractivity contribution < 1.29 is 32.6 Å². The lowest BCUT2D eigenvalue weighted by Crippen LogP contribution is -2.20. The van der Waals surface area contributed by atoms with Gasteiger partial charge in [-0.3, -0.25) is 14.2 Å². The van der Waals surface area contributed by atoms with E-state index >= 15 is 0 Å². The number of hydrogen-bond acceptors (Lipinski definition) is 4. The van der Waals surface area contributed by atoms with Crippen molar-refractivity contribution in [1.29, 1.82) is 0 Å². The Kier molecular flexibility index (Phi) is 5.71. The van der Waals surface area contributed by atoms with Gasteiger partial charge in [0, 0.05) is 22.7 Å². The van der Waals surface area contributed by atoms with Gasteiger partial charge in [-0.2, -0.15) is 0 Å². The number of ether oxygens (including phenoxy) is 1. The summed E-state index contributed by atoms with van der Waals surface area (Å²) in [7, 11) is 0. The van der Waals surface area contributed by atoms with Gasteiger partial charge in [0.2, 0.25) is 0 Å². The van der Waals surface area contributed by atoms with Crippen LogP contribution in [0.15, 0.2) is 30.3 Å². The van der Waals surface area contributed by atoms with E-state index in [2.05, 4.69) is 0 Å². The lowest BCUT2D eigenvalue weighted by Gasteiger charge is -2.17. The number of phenolic OH excluding ortho intramolecular Hbond substituents is 1. The second kappa shape index (κ2) is 8.33. The van der Waals surface area contributed by atoms with Crippen molar-refractivity contribution in [2.75, 3.05) is 0 Å². The number of rotatable bonds is 4. The summed E-state index contributed by atoms with van der Waals surface area (Å²) in [5.74, 6) is -5.89. The van der Waals surface area contributed by atoms with Crippen molar-refractivity contribution in [2.24, 2.45) is 0 Å². The van der Waals surface area contributed by atoms with E-state index in [1.807, 2.05) is 0 Å². The van der Waals surface area contributed by atoms with Gasteiger partial charge in [-0.05, 0) is 69.4 Å². The highest BCUT2D eigenvalue weighted by Gasteiger charge is 2.30. The van der Waals surface area contributed by atoms with Crippen LogP contribution in [0.2, 0.25) is 0 Å². The van der Waals surface area contributed by atoms with Crippen molar-refractivity contribution in [3.8, 4) is 5.75 Å². The summed E-state index contributed by atoms with van der Waals surface area (Å²) >= 11 is 0. The minimum atomic E-state index is -1.19. The fourth-order valence-electron chi connectivity index (χ4n) is 4.41. The molecule has 1 atom stereocenters. The van der Waals surface area contributed by atoms with Crippen LogP contribution < -0.4 is 0 Å². The number of nitrogens with zero attached hydrogens (tertiary/aromatic N) is 1. The summed E-state index contributed by atoms with van der Waals surface area (Å²) in [5.41, 5.74) is 0.665. The highest BCUT2D eigenvalue weighted by atomic mass is 19.2. The number of phenols is 1. The zero-order valence-electron chi connectivity index (χ0n) is 17.6. The van der Waals surface area contributed by atoms with E-state index in [0.717, 1.165) is 60.6 Å². The number of halogens is 3. The number of fused-ring (bicyclic) bond motifs is 1. The molecule has 1 aliphatic carbocycles. The van der Waals surface area contributed by atoms with Crippen LogP contribution in [-0.4, -0.2) is 27.7 Å². The predicted molar refractivity (Wildman–Crippen MR) is 111 cm³/mol. The fraction of sp³-hybridized carbons (Fsp3) is 0.333. The second-order valence-corrected chi connectivity index (χ2v) is 8.15. The average Bonchev–Trinajstić information content (AvgIpc) is 3.35. The molecule has 168 valence electrons. The van der Waals surface area contributed by atoms with Crippen molar-refractivity contribution in [3.63, 3.8) is 0 Å². The molecule has 0 saturated heterocycles. The topological polar surface area (TPSA) is 68.5 Å². The average molecular weight is 445 g/mol. The molecule has 32 heavy (non-hydrogen) atoms. The molecule has 4 rings (SSSR count). The standard InChI is InChI=1S/C24H22F3NO4/c1-12(24(31)32-15-5-3-4-6-15)22-13(2)28(20-11-19(27)21(29)10-16(20)22)23(30)14-7-8-17(25)18(26)9-14/h7-12,15,29H,3-6H2,1-2H3. The zero-order chi connectivity index (χ0) is 23.2. The van der Waals surface area contributed by atoms with Crippen molar-refractivity contribution in [1.82, 2.24) is 4.57 Å². The molecular formula is C24H22F3NO4. The SMILES string of the molecule is Cc1c(C(C)C(=O)OC2CCCC2)c2cc(O)c(F)cc2n1C(=O)c1ccc(F)c(F)c1. The van der Waals surface area contributed by atoms with Gasteiger partial charge in [0.1, 0.15) is 6.10 Å². The van der Waals surface area contributed by atoms with Crippen LogP contribution in [-0.2, 0) is 9.53 Å². The summed E-state index contributed by atoms with van der Waals surface area (Å²) in [5, 5.41) is 10.2. The number of carbonyl (C=O) groups excluding carboxylic acids is 2. The minimum Gasteiger partial charge on any atom is -0.505 e. The molecule has 1 fully saturated rings. The molecule has 1 N–H and O–H groups in total. The Labute approximate surface area is 182 Å². The molecule has 1 heterocycles. The molecule has 0 spiro atoms. The van der Waals surface area contributed by atoms with E-state index in [-0.39, 0.29) is 17.2 Å². The van der Waals surface area contributed by atoms with Gasteiger partial charge in [0.15, 0.2) is 23.2 Å². The maximum atomic E-state index is 14.2. The van der Waals surface area contributed by atoms with Crippen LogP contribution in [0.3, 0.4) is 0 Å². The van der Waals surface area contributed by atoms with Crippen LogP contribution in [0.25, 0.3) is 10.9 Å². The number of benzene rings is 2. The Balaban J connectivity index is 1.84. The summed E-state index contributed by atoms with van der Waals surface area (Å²) in [4.78, 5) is 26.0. The lowest BCUT2D eigenvalue weighted by molar-refractivity contribution is -0.150. The van der Waals surface area contributed by atoms with Crippen molar-refractivity contribution in [3.05, 3.63) is 64.6 Å². The maximum Gasteiger partial charge on any atom is 0.313 e. The van der Waals surface area contributed by atoms with Gasteiger partial charge in [0.05, 0.1) is 11.4 Å². The van der Waals surface area contributed by atoms with E-state index in [9.17, 15) is 27.9 Å². The fourth-order valence-corrected chi connectivity index (χ4v) is 4.41. The molecule has 2 aromatic carbocycles. The summed E-state index contributed by atoms with van der Waals surface area (Å²) < 4.78 is 48.0. The number of esters is 1. The van der Waals surface area contributed by atoms with E-state index in [1.54, 1.807) is 13.8 Å². The largest absolute Gasteiger partial charge is 0.505 e. The van der Waals surface area contributed by atoms with E-state index in [0.29, 0.717) is 16.6 Å². The Hall–Kier alpha value is -3.29. The number of carbonyl (C=O) groups is 2. The first kappa shape index (κ1) is 21.9. The zero-order valence-corrected chi connectivity index (χ0v) is 17.6. The van der Waals surface area contributed by atoms with Crippen LogP contribution in [0, 0.1) is 24.4 Å². The highest BCUT2D eigenvalue weighted by molar-refractivity contribution is 6.05. The van der Waals surface area contributed by atoms with Gasteiger partial charge in [-0.25, -0.2) is 13.2 Å². The lowest BCUT2D eigenvalue weighted by atomic mass is 9.97. The Morgan fingerprint density at radius 3 is 2.41 bits per heavy atom. The van der Waals surface area contributed by atoms with E-state index < -0.39 is 41.0 Å². The molecule has 1 unspecified atom stereocenters. The first-order chi connectivity index (χ1) is 15.2. The maximum absolute atomic E-state index is 14.2. The second-order valence-electron chi connectivity index (χ2n) is 8.15. The molecule has 0 radical (unpaired) electrons. The normalized spacial score (nSPS) is 15.3. The quantitative estimate of drug-likeness (QED) is 0.550. The monoisotopic (exact) mass is 445 g/mol. The summed E-state index contributed by atoms with van der Waals surface area (Å²) in [6.07, 6.45) is 3.40. The number of hydrogen-bond donors (Lipinski definition) is 1. The first-order valence-electron chi connectivity index (χ1n) is 10.4. The van der Waals surface area contributed by atoms with Gasteiger partial charge in [0.25, 0.3) is 5.91 Å². The molecule has 1 saturated carbocycles. The summed E-state index contributed by atoms with van der Waals surface area (Å²) in [6, 6.07) is 4.85. The predicted octanol–water partition coefficient (Wildman–Crippen LogP) is 5.35. The molecular weight excluding hydrogens is 423 g/mol. The van der Waals surface area contributed by atoms with Gasteiger partial charge < -0.3 is 9.84 Å². The van der Waals surface area contributed by atoms with Crippen LogP contribution in [0.5, 0.6) is 5.75 Å². The molecule has 0 bridgehead atoms. The Bertz CT molecular complexity index is 1230. The van der Waals surface area contributed by atoms with Crippen molar-refractivity contribution >= 4 is 22.8 Å². The van der Waals surface area contributed by atoms with Crippen LogP contribution >= 0.6 is 0 Å². The minimum absolute atomic E-state index is 0.100. The summed E-state index contributed by atoms with van der Waals surface area (Å²) in [6.45, 7) is 3.19. The molecule has 0 amide bonds. The first-order valence-corrected chi connectivity index (χ1v) is 10.4. The van der Waals surface area contributed by atoms with Crippen LogP contribution in [0.1, 0.15) is 60.1 Å². The third-order valence-corrected chi connectivity index (χ3v) is 6.06. The van der Waals surface area contributed by atoms with Gasteiger partial charge >= 0.3 is 5.97 Å². The molecule has 8 heteroatoms. The van der Waals surface area contributed by atoms with Crippen molar-refractivity contribution in [2.45, 2.75) is 51.6 Å².